The number of carbonyl (C=O) groups excluding carboxylic acids is 2. The predicted octanol–water partition coefficient (Wildman–Crippen LogP) is 2.83. The van der Waals surface area contributed by atoms with Crippen molar-refractivity contribution in [1.82, 2.24) is 0 Å². The summed E-state index contributed by atoms with van der Waals surface area (Å²) in [5.74, 6) is -9.76. The van der Waals surface area contributed by atoms with E-state index in [-0.39, 0.29) is 12.2 Å². The van der Waals surface area contributed by atoms with Crippen molar-refractivity contribution in [3.63, 3.8) is 0 Å². The summed E-state index contributed by atoms with van der Waals surface area (Å²) in [5.41, 5.74) is 0. The molecule has 0 spiro atoms. The fourth-order valence-corrected chi connectivity index (χ4v) is 0.857. The van der Waals surface area contributed by atoms with Crippen molar-refractivity contribution in [2.24, 2.45) is 0 Å². The fraction of sp³-hybridized carbons (Fsp3) is 0.600. The second-order valence-electron chi connectivity index (χ2n) is 3.83. The second-order valence-corrected chi connectivity index (χ2v) is 3.83. The first-order valence-electron chi connectivity index (χ1n) is 5.14. The van der Waals surface area contributed by atoms with E-state index in [9.17, 15) is 40.3 Å². The van der Waals surface area contributed by atoms with Crippen molar-refractivity contribution in [3.05, 3.63) is 12.2 Å². The zero-order chi connectivity index (χ0) is 17.1. The van der Waals surface area contributed by atoms with Crippen LogP contribution in [0.3, 0.4) is 0 Å². The molecule has 0 rings (SSSR count). The second kappa shape index (κ2) is 6.31. The van der Waals surface area contributed by atoms with Crippen LogP contribution in [-0.2, 0) is 19.1 Å². The highest BCUT2D eigenvalue weighted by molar-refractivity contribution is 5.91. The average molecular weight is 326 g/mol. The maximum Gasteiger partial charge on any atom is 0.470 e. The summed E-state index contributed by atoms with van der Waals surface area (Å²) < 4.78 is 92.4. The number of ether oxygens (including phenoxy) is 2. The molecule has 21 heavy (non-hydrogen) atoms. The van der Waals surface area contributed by atoms with Gasteiger partial charge in [0.05, 0.1) is 6.10 Å². The Bertz CT molecular complexity index is 408. The van der Waals surface area contributed by atoms with E-state index in [1.807, 2.05) is 0 Å². The Morgan fingerprint density at radius 2 is 1.24 bits per heavy atom. The lowest BCUT2D eigenvalue weighted by Gasteiger charge is -2.28. The lowest BCUT2D eigenvalue weighted by Crippen LogP contribution is -2.56. The monoisotopic (exact) mass is 326 g/mol. The topological polar surface area (TPSA) is 52.6 Å². The quantitative estimate of drug-likeness (QED) is 0.453. The predicted molar refractivity (Wildman–Crippen MR) is 52.4 cm³/mol. The fourth-order valence-electron chi connectivity index (χ4n) is 0.857. The minimum Gasteiger partial charge on any atom is -0.460 e. The third-order valence-electron chi connectivity index (χ3n) is 1.68. The summed E-state index contributed by atoms with van der Waals surface area (Å²) in [6.45, 7) is 2.79. The number of carbonyl (C=O) groups is 2. The van der Waals surface area contributed by atoms with Crippen molar-refractivity contribution in [3.8, 4) is 0 Å². The normalized spacial score (nSPS) is 13.6. The number of rotatable bonds is 4. The van der Waals surface area contributed by atoms with Gasteiger partial charge in [-0.05, 0) is 13.8 Å². The first-order valence-corrected chi connectivity index (χ1v) is 5.14. The summed E-state index contributed by atoms with van der Waals surface area (Å²) in [5, 5.41) is 0. The molecule has 11 heteroatoms. The van der Waals surface area contributed by atoms with Gasteiger partial charge in [0, 0.05) is 12.2 Å². The Morgan fingerprint density at radius 3 is 1.57 bits per heavy atom. The Hall–Kier alpha value is -1.81. The van der Waals surface area contributed by atoms with E-state index in [4.69, 9.17) is 0 Å². The van der Waals surface area contributed by atoms with Crippen LogP contribution in [0.4, 0.5) is 30.7 Å². The molecular formula is C10H9F7O4. The van der Waals surface area contributed by atoms with E-state index < -0.39 is 36.2 Å². The zero-order valence-corrected chi connectivity index (χ0v) is 10.5. The van der Waals surface area contributed by atoms with Crippen LogP contribution in [0.5, 0.6) is 0 Å². The molecule has 0 amide bonds. The molecule has 0 aromatic rings. The molecule has 0 N–H and O–H groups in total. The van der Waals surface area contributed by atoms with Gasteiger partial charge >= 0.3 is 30.1 Å². The summed E-state index contributed by atoms with van der Waals surface area (Å²) in [7, 11) is 0. The van der Waals surface area contributed by atoms with Gasteiger partial charge in [-0.2, -0.15) is 30.7 Å². The van der Waals surface area contributed by atoms with Crippen molar-refractivity contribution >= 4 is 11.9 Å². The van der Waals surface area contributed by atoms with Crippen LogP contribution in [0.15, 0.2) is 12.2 Å². The van der Waals surface area contributed by atoms with Crippen LogP contribution >= 0.6 is 0 Å². The molecule has 0 aliphatic heterocycles. The lowest BCUT2D eigenvalue weighted by atomic mass is 10.3. The molecule has 0 atom stereocenters. The number of esters is 2. The summed E-state index contributed by atoms with van der Waals surface area (Å²) in [4.78, 5) is 21.6. The van der Waals surface area contributed by atoms with Gasteiger partial charge in [0.2, 0.25) is 0 Å². The Morgan fingerprint density at radius 1 is 0.857 bits per heavy atom. The van der Waals surface area contributed by atoms with Crippen LogP contribution in [0, 0.1) is 0 Å². The largest absolute Gasteiger partial charge is 0.470 e. The highest BCUT2D eigenvalue weighted by atomic mass is 19.4. The number of hydrogen-bond acceptors (Lipinski definition) is 4. The van der Waals surface area contributed by atoms with E-state index >= 15 is 0 Å². The van der Waals surface area contributed by atoms with Crippen molar-refractivity contribution in [2.45, 2.75) is 38.2 Å². The maximum atomic E-state index is 12.9. The molecule has 0 heterocycles. The third-order valence-corrected chi connectivity index (χ3v) is 1.68. The van der Waals surface area contributed by atoms with E-state index in [1.54, 1.807) is 0 Å². The molecule has 0 aromatic carbocycles. The highest BCUT2D eigenvalue weighted by Gasteiger charge is 2.76. The van der Waals surface area contributed by atoms with E-state index in [1.165, 1.54) is 13.8 Å². The standard InChI is InChI=1S/C10H9F7O4/c1-5(2)20-6(18)3-4-7(19)21-8(11,9(12,13)14)10(15,16)17/h3-5H,1-2H3/b4-3+. The van der Waals surface area contributed by atoms with Gasteiger partial charge in [0.25, 0.3) is 0 Å². The van der Waals surface area contributed by atoms with Gasteiger partial charge in [0.1, 0.15) is 0 Å². The third kappa shape index (κ3) is 5.23. The minimum absolute atomic E-state index is 0.115. The molecule has 0 aliphatic carbocycles. The van der Waals surface area contributed by atoms with Gasteiger partial charge < -0.3 is 9.47 Å². The molecule has 4 nitrogen and oxygen atoms in total. The van der Waals surface area contributed by atoms with Crippen LogP contribution < -0.4 is 0 Å². The molecule has 0 unspecified atom stereocenters. The maximum absolute atomic E-state index is 12.9. The molecule has 0 aromatic heterocycles. The Balaban J connectivity index is 5.03. The highest BCUT2D eigenvalue weighted by Crippen LogP contribution is 2.47. The molecule has 0 bridgehead atoms. The zero-order valence-electron chi connectivity index (χ0n) is 10.5. The molecular weight excluding hydrogens is 317 g/mol. The Kier molecular flexibility index (Phi) is 5.76. The molecule has 0 aliphatic rings. The van der Waals surface area contributed by atoms with Crippen LogP contribution in [-0.4, -0.2) is 36.2 Å². The number of alkyl halides is 7. The SMILES string of the molecule is CC(C)OC(=O)/C=C/C(=O)OC(F)(C(F)(F)F)C(F)(F)F. The average Bonchev–Trinajstić information content (AvgIpc) is 2.22. The van der Waals surface area contributed by atoms with Gasteiger partial charge in [-0.1, -0.05) is 0 Å². The molecule has 0 saturated heterocycles. The minimum atomic E-state index is -6.53. The number of halogens is 7. The molecule has 0 radical (unpaired) electrons. The molecule has 0 fully saturated rings. The van der Waals surface area contributed by atoms with E-state index in [0.717, 1.165) is 0 Å². The van der Waals surface area contributed by atoms with Crippen LogP contribution in [0.1, 0.15) is 13.8 Å². The lowest BCUT2D eigenvalue weighted by molar-refractivity contribution is -0.416. The number of hydrogen-bond donors (Lipinski definition) is 0. The smallest absolute Gasteiger partial charge is 0.460 e. The first kappa shape index (κ1) is 19.2. The van der Waals surface area contributed by atoms with Crippen molar-refractivity contribution < 1.29 is 49.8 Å². The summed E-state index contributed by atoms with van der Waals surface area (Å²) in [6, 6.07) is 0. The molecule has 0 saturated carbocycles. The van der Waals surface area contributed by atoms with E-state index in [2.05, 4.69) is 9.47 Å². The summed E-state index contributed by atoms with van der Waals surface area (Å²) >= 11 is 0. The van der Waals surface area contributed by atoms with Crippen molar-refractivity contribution in [1.29, 1.82) is 0 Å². The summed E-state index contributed by atoms with van der Waals surface area (Å²) in [6.07, 6.45) is -13.6. The van der Waals surface area contributed by atoms with Crippen molar-refractivity contribution in [2.75, 3.05) is 0 Å². The van der Waals surface area contributed by atoms with E-state index in [0.29, 0.717) is 0 Å². The van der Waals surface area contributed by atoms with Gasteiger partial charge in [0.15, 0.2) is 0 Å². The van der Waals surface area contributed by atoms with Crippen LogP contribution in [0.2, 0.25) is 0 Å². The van der Waals surface area contributed by atoms with Gasteiger partial charge in [-0.25, -0.2) is 9.59 Å². The first-order chi connectivity index (χ1) is 9.20. The van der Waals surface area contributed by atoms with Crippen LogP contribution in [0.25, 0.3) is 0 Å². The molecule has 122 valence electrons. The Labute approximate surface area is 113 Å². The van der Waals surface area contributed by atoms with Gasteiger partial charge in [-0.15, -0.1) is 0 Å². The van der Waals surface area contributed by atoms with Gasteiger partial charge in [-0.3, -0.25) is 0 Å².